The fraction of sp³-hybridized carbons (Fsp3) is 1.00. The van der Waals surface area contributed by atoms with Crippen molar-refractivity contribution >= 4 is 0 Å². The summed E-state index contributed by atoms with van der Waals surface area (Å²) in [5, 5.41) is 13.3. The maximum absolute atomic E-state index is 9.92. The Morgan fingerprint density at radius 2 is 1.90 bits per heavy atom. The van der Waals surface area contributed by atoms with E-state index in [9.17, 15) is 5.11 Å². The molecule has 1 saturated carbocycles. The quantitative estimate of drug-likeness (QED) is 0.665. The summed E-state index contributed by atoms with van der Waals surface area (Å²) in [5.74, 6) is 0.854. The van der Waals surface area contributed by atoms with E-state index >= 15 is 0 Å². The van der Waals surface area contributed by atoms with Crippen LogP contribution >= 0.6 is 0 Å². The van der Waals surface area contributed by atoms with Crippen LogP contribution in [0, 0.1) is 5.92 Å². The van der Waals surface area contributed by atoms with Gasteiger partial charge in [0.25, 0.3) is 0 Å². The third-order valence-corrected chi connectivity index (χ3v) is 4.67. The number of nitrogens with zero attached hydrogens (tertiary/aromatic N) is 1. The highest BCUT2D eigenvalue weighted by Crippen LogP contribution is 2.25. The fourth-order valence-corrected chi connectivity index (χ4v) is 3.21. The molecule has 118 valence electrons. The molecular formula is C16H32N2O2. The molecule has 2 aliphatic rings. The summed E-state index contributed by atoms with van der Waals surface area (Å²) in [6.45, 7) is 8.01. The average molecular weight is 284 g/mol. The average Bonchev–Trinajstić information content (AvgIpc) is 2.96. The van der Waals surface area contributed by atoms with E-state index in [2.05, 4.69) is 17.1 Å². The Morgan fingerprint density at radius 3 is 2.60 bits per heavy atom. The number of aliphatic hydroxyl groups excluding tert-OH is 1. The maximum Gasteiger partial charge on any atom is 0.0897 e. The number of nitrogens with one attached hydrogen (secondary N) is 1. The van der Waals surface area contributed by atoms with Crippen LogP contribution in [0.3, 0.4) is 0 Å². The summed E-state index contributed by atoms with van der Waals surface area (Å²) in [4.78, 5) is 2.49. The first-order chi connectivity index (χ1) is 9.74. The molecule has 0 spiro atoms. The summed E-state index contributed by atoms with van der Waals surface area (Å²) in [6, 6.07) is 0. The predicted octanol–water partition coefficient (Wildman–Crippen LogP) is 1.63. The fourth-order valence-electron chi connectivity index (χ4n) is 3.21. The van der Waals surface area contributed by atoms with Gasteiger partial charge in [0.05, 0.1) is 18.8 Å². The molecule has 4 heteroatoms. The van der Waals surface area contributed by atoms with Crippen molar-refractivity contribution in [2.75, 3.05) is 39.3 Å². The lowest BCUT2D eigenvalue weighted by Crippen LogP contribution is -2.36. The van der Waals surface area contributed by atoms with Crippen molar-refractivity contribution < 1.29 is 9.84 Å². The second kappa shape index (κ2) is 8.98. The van der Waals surface area contributed by atoms with E-state index in [0.717, 1.165) is 31.8 Å². The molecule has 0 bridgehead atoms. The van der Waals surface area contributed by atoms with Gasteiger partial charge in [-0.15, -0.1) is 0 Å². The van der Waals surface area contributed by atoms with E-state index in [4.69, 9.17) is 4.74 Å². The first kappa shape index (κ1) is 16.2. The minimum Gasteiger partial charge on any atom is -0.389 e. The van der Waals surface area contributed by atoms with Gasteiger partial charge in [0.1, 0.15) is 0 Å². The molecule has 0 aromatic rings. The zero-order valence-corrected chi connectivity index (χ0v) is 13.0. The van der Waals surface area contributed by atoms with Crippen LogP contribution in [0.1, 0.15) is 45.4 Å². The normalized spacial score (nSPS) is 29.7. The van der Waals surface area contributed by atoms with Crippen molar-refractivity contribution in [2.24, 2.45) is 5.92 Å². The SMILES string of the molecule is CC1CCC(OCC(O)CNCCN2CCCC2)CC1. The first-order valence-electron chi connectivity index (χ1n) is 8.47. The molecular weight excluding hydrogens is 252 g/mol. The van der Waals surface area contributed by atoms with Crippen molar-refractivity contribution in [3.8, 4) is 0 Å². The number of aliphatic hydroxyl groups is 1. The van der Waals surface area contributed by atoms with Crippen molar-refractivity contribution in [1.82, 2.24) is 10.2 Å². The second-order valence-corrected chi connectivity index (χ2v) is 6.62. The molecule has 0 aromatic heterocycles. The van der Waals surface area contributed by atoms with Crippen molar-refractivity contribution in [2.45, 2.75) is 57.7 Å². The molecule has 2 rings (SSSR count). The van der Waals surface area contributed by atoms with Gasteiger partial charge in [-0.25, -0.2) is 0 Å². The lowest BCUT2D eigenvalue weighted by atomic mass is 9.89. The highest BCUT2D eigenvalue weighted by atomic mass is 16.5. The van der Waals surface area contributed by atoms with Gasteiger partial charge in [-0.1, -0.05) is 6.92 Å². The van der Waals surface area contributed by atoms with Gasteiger partial charge in [0.15, 0.2) is 0 Å². The van der Waals surface area contributed by atoms with Gasteiger partial charge in [-0.2, -0.15) is 0 Å². The Kier molecular flexibility index (Phi) is 7.28. The van der Waals surface area contributed by atoms with E-state index in [1.54, 1.807) is 0 Å². The largest absolute Gasteiger partial charge is 0.389 e. The van der Waals surface area contributed by atoms with Crippen LogP contribution in [0.25, 0.3) is 0 Å². The zero-order valence-electron chi connectivity index (χ0n) is 13.0. The minimum atomic E-state index is -0.368. The Bertz CT molecular complexity index is 249. The third kappa shape index (κ3) is 6.08. The molecule has 1 unspecified atom stereocenters. The van der Waals surface area contributed by atoms with Crippen LogP contribution in [-0.2, 0) is 4.74 Å². The molecule has 1 atom stereocenters. The number of hydrogen-bond donors (Lipinski definition) is 2. The van der Waals surface area contributed by atoms with E-state index in [-0.39, 0.29) is 6.10 Å². The van der Waals surface area contributed by atoms with Crippen LogP contribution in [0.2, 0.25) is 0 Å². The molecule has 0 aromatic carbocycles. The van der Waals surface area contributed by atoms with Gasteiger partial charge >= 0.3 is 0 Å². The lowest BCUT2D eigenvalue weighted by Gasteiger charge is -2.27. The highest BCUT2D eigenvalue weighted by Gasteiger charge is 2.19. The molecule has 2 N–H and O–H groups in total. The predicted molar refractivity (Wildman–Crippen MR) is 81.9 cm³/mol. The van der Waals surface area contributed by atoms with Crippen molar-refractivity contribution in [1.29, 1.82) is 0 Å². The van der Waals surface area contributed by atoms with Crippen LogP contribution in [0.15, 0.2) is 0 Å². The van der Waals surface area contributed by atoms with E-state index in [1.165, 1.54) is 38.8 Å². The Hall–Kier alpha value is -0.160. The van der Waals surface area contributed by atoms with Crippen LogP contribution in [0.4, 0.5) is 0 Å². The van der Waals surface area contributed by atoms with Gasteiger partial charge in [-0.05, 0) is 57.5 Å². The van der Waals surface area contributed by atoms with E-state index in [1.807, 2.05) is 0 Å². The molecule has 1 aliphatic carbocycles. The maximum atomic E-state index is 9.92. The molecule has 1 saturated heterocycles. The summed E-state index contributed by atoms with van der Waals surface area (Å²) in [5.41, 5.74) is 0. The molecule has 20 heavy (non-hydrogen) atoms. The standard InChI is InChI=1S/C16H32N2O2/c1-14-4-6-16(7-5-14)20-13-15(19)12-17-8-11-18-9-2-3-10-18/h14-17,19H,2-13H2,1H3. The van der Waals surface area contributed by atoms with Crippen molar-refractivity contribution in [3.05, 3.63) is 0 Å². The van der Waals surface area contributed by atoms with Crippen LogP contribution in [-0.4, -0.2) is 61.5 Å². The third-order valence-electron chi connectivity index (χ3n) is 4.67. The molecule has 4 nitrogen and oxygen atoms in total. The number of ether oxygens (including phenoxy) is 1. The number of rotatable bonds is 8. The van der Waals surface area contributed by atoms with E-state index < -0.39 is 0 Å². The molecule has 1 heterocycles. The summed E-state index contributed by atoms with van der Waals surface area (Å²) in [6.07, 6.45) is 7.57. The highest BCUT2D eigenvalue weighted by molar-refractivity contribution is 4.71. The zero-order chi connectivity index (χ0) is 14.2. The summed E-state index contributed by atoms with van der Waals surface area (Å²) < 4.78 is 5.82. The second-order valence-electron chi connectivity index (χ2n) is 6.62. The first-order valence-corrected chi connectivity index (χ1v) is 8.47. The van der Waals surface area contributed by atoms with Gasteiger partial charge < -0.3 is 20.1 Å². The van der Waals surface area contributed by atoms with Crippen molar-refractivity contribution in [3.63, 3.8) is 0 Å². The Balaban J connectivity index is 1.44. The summed E-state index contributed by atoms with van der Waals surface area (Å²) >= 11 is 0. The monoisotopic (exact) mass is 284 g/mol. The molecule has 0 radical (unpaired) electrons. The van der Waals surface area contributed by atoms with Crippen LogP contribution < -0.4 is 5.32 Å². The van der Waals surface area contributed by atoms with Gasteiger partial charge in [0, 0.05) is 19.6 Å². The number of likely N-dealkylation sites (tertiary alicyclic amines) is 1. The molecule has 2 fully saturated rings. The smallest absolute Gasteiger partial charge is 0.0897 e. The minimum absolute atomic E-state index is 0.368. The van der Waals surface area contributed by atoms with Gasteiger partial charge in [-0.3, -0.25) is 0 Å². The Morgan fingerprint density at radius 1 is 1.20 bits per heavy atom. The van der Waals surface area contributed by atoms with Crippen LogP contribution in [0.5, 0.6) is 0 Å². The molecule has 0 amide bonds. The van der Waals surface area contributed by atoms with E-state index in [0.29, 0.717) is 19.3 Å². The topological polar surface area (TPSA) is 44.7 Å². The number of hydrogen-bond acceptors (Lipinski definition) is 4. The lowest BCUT2D eigenvalue weighted by molar-refractivity contribution is -0.0278. The van der Waals surface area contributed by atoms with Gasteiger partial charge in [0.2, 0.25) is 0 Å². The summed E-state index contributed by atoms with van der Waals surface area (Å²) in [7, 11) is 0. The molecule has 1 aliphatic heterocycles. The Labute approximate surface area is 123 Å².